The van der Waals surface area contributed by atoms with Gasteiger partial charge in [0.25, 0.3) is 10.0 Å². The number of carbonyl (C=O) groups excluding carboxylic acids is 1. The third kappa shape index (κ3) is 3.95. The Balaban J connectivity index is 2.51. The van der Waals surface area contributed by atoms with Crippen molar-refractivity contribution in [2.24, 2.45) is 12.8 Å². The molecule has 0 bridgehead atoms. The van der Waals surface area contributed by atoms with E-state index in [1.165, 1.54) is 10.9 Å². The van der Waals surface area contributed by atoms with E-state index in [0.29, 0.717) is 0 Å². The largest absolute Gasteiger partial charge is 0.370 e. The van der Waals surface area contributed by atoms with Crippen molar-refractivity contribution in [1.82, 2.24) is 14.3 Å². The lowest BCUT2D eigenvalue weighted by Gasteiger charge is -2.05. The Morgan fingerprint density at radius 1 is 1.67 bits per heavy atom. The fourth-order valence-electron chi connectivity index (χ4n) is 1.06. The lowest BCUT2D eigenvalue weighted by atomic mass is 10.6. The molecule has 0 unspecified atom stereocenters. The third-order valence-electron chi connectivity index (χ3n) is 1.87. The predicted octanol–water partition coefficient (Wildman–Crippen LogP) is -1.15. The Hall–Kier alpha value is -1.16. The summed E-state index contributed by atoms with van der Waals surface area (Å²) < 4.78 is 31.9. The molecule has 0 aliphatic carbocycles. The Morgan fingerprint density at radius 2 is 2.33 bits per heavy atom. The monoisotopic (exact) mass is 296 g/mol. The van der Waals surface area contributed by atoms with Gasteiger partial charge in [0.15, 0.2) is 0 Å². The Labute approximate surface area is 109 Å². The van der Waals surface area contributed by atoms with Gasteiger partial charge in [0.1, 0.15) is 11.8 Å². The average Bonchev–Trinajstić information content (AvgIpc) is 2.59. The van der Waals surface area contributed by atoms with Gasteiger partial charge in [-0.2, -0.15) is 0 Å². The van der Waals surface area contributed by atoms with Crippen LogP contribution < -0.4 is 10.5 Å². The van der Waals surface area contributed by atoms with Crippen molar-refractivity contribution in [1.29, 1.82) is 0 Å². The van der Waals surface area contributed by atoms with Crippen LogP contribution in [-0.4, -0.2) is 43.6 Å². The average molecular weight is 297 g/mol. The highest BCUT2D eigenvalue weighted by molar-refractivity contribution is 7.89. The highest BCUT2D eigenvalue weighted by Gasteiger charge is 2.21. The van der Waals surface area contributed by atoms with E-state index in [1.807, 2.05) is 0 Å². The number of carbonyl (C=O) groups is 1. The highest BCUT2D eigenvalue weighted by Crippen LogP contribution is 2.17. The summed E-state index contributed by atoms with van der Waals surface area (Å²) in [6, 6.07) is 0. The maximum atomic E-state index is 11.7. The van der Waals surface area contributed by atoms with Gasteiger partial charge >= 0.3 is 0 Å². The SMILES string of the molecule is Cn1cnc(S(=O)(=O)NCCOCC(N)=O)c1Cl. The molecular formula is C8H13ClN4O4S. The standard InChI is InChI=1S/C8H13ClN4O4S/c1-13-5-11-8(7(13)9)18(15,16)12-2-3-17-4-6(10)14/h5,12H,2-4H2,1H3,(H2,10,14). The second kappa shape index (κ2) is 6.14. The molecule has 0 aliphatic heterocycles. The van der Waals surface area contributed by atoms with Gasteiger partial charge in [-0.3, -0.25) is 4.79 Å². The number of aromatic nitrogens is 2. The van der Waals surface area contributed by atoms with Crippen LogP contribution in [-0.2, 0) is 26.6 Å². The maximum Gasteiger partial charge on any atom is 0.261 e. The second-order valence-electron chi connectivity index (χ2n) is 3.37. The zero-order chi connectivity index (χ0) is 13.8. The molecule has 0 saturated carbocycles. The topological polar surface area (TPSA) is 116 Å². The summed E-state index contributed by atoms with van der Waals surface area (Å²) in [6.07, 6.45) is 1.29. The molecule has 1 heterocycles. The number of nitrogens with zero attached hydrogens (tertiary/aromatic N) is 2. The van der Waals surface area contributed by atoms with Gasteiger partial charge in [0, 0.05) is 13.6 Å². The zero-order valence-corrected chi connectivity index (χ0v) is 11.2. The van der Waals surface area contributed by atoms with E-state index in [-0.39, 0.29) is 29.9 Å². The smallest absolute Gasteiger partial charge is 0.261 e. The second-order valence-corrected chi connectivity index (χ2v) is 5.41. The van der Waals surface area contributed by atoms with Crippen molar-refractivity contribution in [3.05, 3.63) is 11.5 Å². The third-order valence-corrected chi connectivity index (χ3v) is 3.82. The first kappa shape index (κ1) is 14.9. The summed E-state index contributed by atoms with van der Waals surface area (Å²) in [5.41, 5.74) is 4.84. The molecule has 0 aliphatic rings. The maximum absolute atomic E-state index is 11.7. The van der Waals surface area contributed by atoms with Crippen LogP contribution in [0.1, 0.15) is 0 Å². The molecule has 8 nitrogen and oxygen atoms in total. The van der Waals surface area contributed by atoms with E-state index in [9.17, 15) is 13.2 Å². The van der Waals surface area contributed by atoms with Gasteiger partial charge in [-0.05, 0) is 0 Å². The zero-order valence-electron chi connectivity index (χ0n) is 9.59. The molecule has 10 heteroatoms. The van der Waals surface area contributed by atoms with Crippen LogP contribution in [0.2, 0.25) is 5.15 Å². The number of hydrogen-bond acceptors (Lipinski definition) is 5. The minimum atomic E-state index is -3.78. The molecule has 0 radical (unpaired) electrons. The highest BCUT2D eigenvalue weighted by atomic mass is 35.5. The number of halogens is 1. The van der Waals surface area contributed by atoms with Crippen molar-refractivity contribution >= 4 is 27.5 Å². The molecule has 1 aromatic rings. The number of nitrogens with one attached hydrogen (secondary N) is 1. The molecule has 1 rings (SSSR count). The first-order chi connectivity index (χ1) is 8.34. The first-order valence-electron chi connectivity index (χ1n) is 4.87. The molecule has 3 N–H and O–H groups in total. The molecule has 0 fully saturated rings. The first-order valence-corrected chi connectivity index (χ1v) is 6.73. The minimum Gasteiger partial charge on any atom is -0.370 e. The lowest BCUT2D eigenvalue weighted by Crippen LogP contribution is -2.29. The van der Waals surface area contributed by atoms with E-state index in [2.05, 4.69) is 9.71 Å². The van der Waals surface area contributed by atoms with Gasteiger partial charge in [0.05, 0.1) is 12.9 Å². The van der Waals surface area contributed by atoms with Crippen LogP contribution in [0.3, 0.4) is 0 Å². The van der Waals surface area contributed by atoms with Crippen molar-refractivity contribution in [2.75, 3.05) is 19.8 Å². The van der Waals surface area contributed by atoms with Crippen LogP contribution in [0.15, 0.2) is 11.4 Å². The van der Waals surface area contributed by atoms with Crippen molar-refractivity contribution in [3.8, 4) is 0 Å². The molecule has 1 aromatic heterocycles. The molecule has 0 spiro atoms. The van der Waals surface area contributed by atoms with E-state index in [0.717, 1.165) is 0 Å². The summed E-state index contributed by atoms with van der Waals surface area (Å²) >= 11 is 5.76. The van der Waals surface area contributed by atoms with Gasteiger partial charge in [-0.25, -0.2) is 18.1 Å². The van der Waals surface area contributed by atoms with E-state index < -0.39 is 15.9 Å². The summed E-state index contributed by atoms with van der Waals surface area (Å²) in [7, 11) is -2.21. The van der Waals surface area contributed by atoms with Gasteiger partial charge in [0.2, 0.25) is 10.9 Å². The lowest BCUT2D eigenvalue weighted by molar-refractivity contribution is -0.122. The molecule has 18 heavy (non-hydrogen) atoms. The number of aryl methyl sites for hydroxylation is 1. The van der Waals surface area contributed by atoms with E-state index >= 15 is 0 Å². The molecule has 0 aromatic carbocycles. The van der Waals surface area contributed by atoms with Gasteiger partial charge in [-0.15, -0.1) is 0 Å². The van der Waals surface area contributed by atoms with Crippen LogP contribution in [0.5, 0.6) is 0 Å². The number of primary amides is 1. The van der Waals surface area contributed by atoms with E-state index in [1.54, 1.807) is 7.05 Å². The predicted molar refractivity (Wildman–Crippen MR) is 63.4 cm³/mol. The summed E-state index contributed by atoms with van der Waals surface area (Å²) in [6.45, 7) is -0.249. The Kier molecular flexibility index (Phi) is 5.08. The molecule has 1 amide bonds. The van der Waals surface area contributed by atoms with Gasteiger partial charge in [-0.1, -0.05) is 11.6 Å². The van der Waals surface area contributed by atoms with Crippen LogP contribution >= 0.6 is 11.6 Å². The summed E-state index contributed by atoms with van der Waals surface area (Å²) in [4.78, 5) is 14.0. The van der Waals surface area contributed by atoms with Crippen molar-refractivity contribution in [3.63, 3.8) is 0 Å². The van der Waals surface area contributed by atoms with Gasteiger partial charge < -0.3 is 15.0 Å². The van der Waals surface area contributed by atoms with Crippen LogP contribution in [0, 0.1) is 0 Å². The Bertz CT molecular complexity index is 527. The molecular weight excluding hydrogens is 284 g/mol. The fraction of sp³-hybridized carbons (Fsp3) is 0.500. The molecule has 102 valence electrons. The quantitative estimate of drug-likeness (QED) is 0.617. The summed E-state index contributed by atoms with van der Waals surface area (Å²) in [5.74, 6) is -0.620. The number of hydrogen-bond donors (Lipinski definition) is 2. The number of nitrogens with two attached hydrogens (primary N) is 1. The molecule has 0 atom stereocenters. The minimum absolute atomic E-state index is 0.0114. The number of imidazole rings is 1. The molecule has 0 saturated heterocycles. The van der Waals surface area contributed by atoms with Crippen molar-refractivity contribution in [2.45, 2.75) is 5.03 Å². The normalized spacial score (nSPS) is 11.7. The number of amides is 1. The number of rotatable bonds is 7. The van der Waals surface area contributed by atoms with E-state index in [4.69, 9.17) is 22.1 Å². The van der Waals surface area contributed by atoms with Crippen LogP contribution in [0.4, 0.5) is 0 Å². The van der Waals surface area contributed by atoms with Crippen LogP contribution in [0.25, 0.3) is 0 Å². The fourth-order valence-corrected chi connectivity index (χ4v) is 2.50. The number of ether oxygens (including phenoxy) is 1. The van der Waals surface area contributed by atoms with Crippen molar-refractivity contribution < 1.29 is 17.9 Å². The number of sulfonamides is 1. The Morgan fingerprint density at radius 3 is 2.83 bits per heavy atom. The summed E-state index contributed by atoms with van der Waals surface area (Å²) in [5, 5.41) is -0.234.